The topological polar surface area (TPSA) is 60.7 Å². The summed E-state index contributed by atoms with van der Waals surface area (Å²) in [4.78, 5) is 8.63. The number of hydrogen-bond acceptors (Lipinski definition) is 5. The zero-order valence-corrected chi connectivity index (χ0v) is 11.2. The van der Waals surface area contributed by atoms with Crippen LogP contribution in [0, 0.1) is 0 Å². The molecule has 0 aliphatic heterocycles. The van der Waals surface area contributed by atoms with Crippen molar-refractivity contribution in [2.75, 3.05) is 19.5 Å². The Kier molecular flexibility index (Phi) is 3.12. The van der Waals surface area contributed by atoms with Gasteiger partial charge in [0.2, 0.25) is 5.65 Å². The molecule has 102 valence electrons. The monoisotopic (exact) mass is 270 g/mol. The first-order valence-electron chi connectivity index (χ1n) is 6.13. The highest BCUT2D eigenvalue weighted by atomic mass is 16.5. The molecule has 0 aliphatic rings. The van der Waals surface area contributed by atoms with E-state index in [2.05, 4.69) is 15.3 Å². The lowest BCUT2D eigenvalue weighted by atomic mass is 10.3. The van der Waals surface area contributed by atoms with Crippen LogP contribution in [-0.2, 0) is 0 Å². The summed E-state index contributed by atoms with van der Waals surface area (Å²) in [6.45, 7) is 0. The van der Waals surface area contributed by atoms with Gasteiger partial charge in [-0.3, -0.25) is 4.40 Å². The van der Waals surface area contributed by atoms with Crippen LogP contribution < -0.4 is 14.8 Å². The van der Waals surface area contributed by atoms with Gasteiger partial charge in [-0.25, -0.2) is 4.98 Å². The first kappa shape index (κ1) is 12.3. The summed E-state index contributed by atoms with van der Waals surface area (Å²) >= 11 is 0. The van der Waals surface area contributed by atoms with Gasteiger partial charge in [-0.1, -0.05) is 6.07 Å². The van der Waals surface area contributed by atoms with Crippen LogP contribution in [0.3, 0.4) is 0 Å². The third kappa shape index (κ3) is 2.23. The van der Waals surface area contributed by atoms with Crippen molar-refractivity contribution in [1.29, 1.82) is 0 Å². The summed E-state index contributed by atoms with van der Waals surface area (Å²) in [6.07, 6.45) is 5.39. The van der Waals surface area contributed by atoms with E-state index < -0.39 is 0 Å². The average molecular weight is 270 g/mol. The third-order valence-electron chi connectivity index (χ3n) is 2.86. The van der Waals surface area contributed by atoms with Gasteiger partial charge in [0.1, 0.15) is 17.3 Å². The fourth-order valence-corrected chi connectivity index (χ4v) is 1.87. The normalized spacial score (nSPS) is 10.5. The molecule has 20 heavy (non-hydrogen) atoms. The van der Waals surface area contributed by atoms with Crippen LogP contribution in [-0.4, -0.2) is 28.5 Å². The van der Waals surface area contributed by atoms with Crippen LogP contribution in [0.4, 0.5) is 5.82 Å². The first-order chi connectivity index (χ1) is 9.80. The van der Waals surface area contributed by atoms with Crippen LogP contribution in [0.25, 0.3) is 5.65 Å². The Morgan fingerprint density at radius 2 is 2.10 bits per heavy atom. The molecule has 0 radical (unpaired) electrons. The Hall–Kier alpha value is -2.76. The van der Waals surface area contributed by atoms with E-state index >= 15 is 0 Å². The number of rotatable bonds is 4. The number of hydrogen-bond donors (Lipinski definition) is 1. The van der Waals surface area contributed by atoms with Crippen molar-refractivity contribution in [1.82, 2.24) is 14.4 Å². The highest BCUT2D eigenvalue weighted by Crippen LogP contribution is 2.27. The first-order valence-corrected chi connectivity index (χ1v) is 6.13. The number of imidazole rings is 1. The van der Waals surface area contributed by atoms with Crippen molar-refractivity contribution in [2.24, 2.45) is 0 Å². The summed E-state index contributed by atoms with van der Waals surface area (Å²) in [6, 6.07) is 7.36. The molecule has 0 amide bonds. The maximum absolute atomic E-state index is 5.82. The van der Waals surface area contributed by atoms with Gasteiger partial charge >= 0.3 is 0 Å². The Labute approximate surface area is 116 Å². The maximum Gasteiger partial charge on any atom is 0.265 e. The van der Waals surface area contributed by atoms with E-state index in [0.717, 1.165) is 5.75 Å². The van der Waals surface area contributed by atoms with Gasteiger partial charge in [0, 0.05) is 25.5 Å². The van der Waals surface area contributed by atoms with E-state index in [0.29, 0.717) is 23.1 Å². The molecule has 0 aliphatic carbocycles. The molecule has 1 N–H and O–H groups in total. The number of fused-ring (bicyclic) bond motifs is 1. The second-order valence-electron chi connectivity index (χ2n) is 4.12. The Balaban J connectivity index is 2.02. The van der Waals surface area contributed by atoms with Crippen LogP contribution in [0.15, 0.2) is 42.9 Å². The van der Waals surface area contributed by atoms with Gasteiger partial charge < -0.3 is 14.8 Å². The fourth-order valence-electron chi connectivity index (χ4n) is 1.87. The van der Waals surface area contributed by atoms with Gasteiger partial charge in [0.05, 0.1) is 13.3 Å². The molecular formula is C14H14N4O2. The number of benzene rings is 1. The lowest BCUT2D eigenvalue weighted by Gasteiger charge is -2.09. The SMILES string of the molecule is CNc1cn2ccnc2c(Oc2cccc(OC)c2)n1. The average Bonchev–Trinajstić information content (AvgIpc) is 2.96. The molecular weight excluding hydrogens is 256 g/mol. The third-order valence-corrected chi connectivity index (χ3v) is 2.86. The number of nitrogens with one attached hydrogen (secondary N) is 1. The van der Waals surface area contributed by atoms with Crippen molar-refractivity contribution in [3.8, 4) is 17.4 Å². The molecule has 2 aromatic heterocycles. The lowest BCUT2D eigenvalue weighted by Crippen LogP contribution is -1.99. The largest absolute Gasteiger partial charge is 0.497 e. The molecule has 1 aromatic carbocycles. The summed E-state index contributed by atoms with van der Waals surface area (Å²) in [5.74, 6) is 2.52. The van der Waals surface area contributed by atoms with Crippen LogP contribution in [0.2, 0.25) is 0 Å². The van der Waals surface area contributed by atoms with Gasteiger partial charge in [0.25, 0.3) is 5.88 Å². The van der Waals surface area contributed by atoms with Gasteiger partial charge in [-0.05, 0) is 12.1 Å². The molecule has 0 bridgehead atoms. The molecule has 0 saturated heterocycles. The molecule has 2 heterocycles. The highest BCUT2D eigenvalue weighted by molar-refractivity contribution is 5.55. The van der Waals surface area contributed by atoms with Crippen molar-refractivity contribution in [3.05, 3.63) is 42.9 Å². The minimum absolute atomic E-state index is 0.440. The van der Waals surface area contributed by atoms with Crippen LogP contribution in [0.1, 0.15) is 0 Å². The molecule has 0 unspecified atom stereocenters. The number of ether oxygens (including phenoxy) is 2. The predicted octanol–water partition coefficient (Wildman–Crippen LogP) is 2.57. The fraction of sp³-hybridized carbons (Fsp3) is 0.143. The summed E-state index contributed by atoms with van der Waals surface area (Å²) in [5.41, 5.74) is 0.659. The molecule has 6 heteroatoms. The van der Waals surface area contributed by atoms with E-state index in [4.69, 9.17) is 9.47 Å². The second-order valence-corrected chi connectivity index (χ2v) is 4.12. The van der Waals surface area contributed by atoms with E-state index in [1.807, 2.05) is 35.0 Å². The Morgan fingerprint density at radius 1 is 1.25 bits per heavy atom. The molecule has 6 nitrogen and oxygen atoms in total. The van der Waals surface area contributed by atoms with Crippen molar-refractivity contribution < 1.29 is 9.47 Å². The Bertz CT molecular complexity index is 739. The van der Waals surface area contributed by atoms with Gasteiger partial charge in [-0.2, -0.15) is 4.98 Å². The van der Waals surface area contributed by atoms with Crippen molar-refractivity contribution >= 4 is 11.5 Å². The molecule has 0 saturated carbocycles. The minimum atomic E-state index is 0.440. The smallest absolute Gasteiger partial charge is 0.265 e. The molecule has 3 rings (SSSR count). The van der Waals surface area contributed by atoms with Crippen LogP contribution in [0.5, 0.6) is 17.4 Å². The Morgan fingerprint density at radius 3 is 2.90 bits per heavy atom. The zero-order chi connectivity index (χ0) is 13.9. The number of aromatic nitrogens is 3. The van der Waals surface area contributed by atoms with Gasteiger partial charge in [0.15, 0.2) is 0 Å². The molecule has 0 fully saturated rings. The van der Waals surface area contributed by atoms with Gasteiger partial charge in [-0.15, -0.1) is 0 Å². The van der Waals surface area contributed by atoms with E-state index in [-0.39, 0.29) is 0 Å². The zero-order valence-electron chi connectivity index (χ0n) is 11.2. The molecule has 0 spiro atoms. The quantitative estimate of drug-likeness (QED) is 0.789. The number of methoxy groups -OCH3 is 1. The summed E-state index contributed by atoms with van der Waals surface area (Å²) < 4.78 is 12.9. The number of nitrogens with zero attached hydrogens (tertiary/aromatic N) is 3. The summed E-state index contributed by atoms with van der Waals surface area (Å²) in [5, 5.41) is 2.99. The van der Waals surface area contributed by atoms with Crippen molar-refractivity contribution in [2.45, 2.75) is 0 Å². The minimum Gasteiger partial charge on any atom is -0.497 e. The second kappa shape index (κ2) is 5.08. The maximum atomic E-state index is 5.82. The summed E-state index contributed by atoms with van der Waals surface area (Å²) in [7, 11) is 3.42. The molecule has 3 aromatic rings. The number of anilines is 1. The van der Waals surface area contributed by atoms with Crippen molar-refractivity contribution in [3.63, 3.8) is 0 Å². The standard InChI is InChI=1S/C14H14N4O2/c1-15-12-9-18-7-6-16-13(18)14(17-12)20-11-5-3-4-10(8-11)19-2/h3-9,15H,1-2H3. The predicted molar refractivity (Wildman–Crippen MR) is 75.6 cm³/mol. The highest BCUT2D eigenvalue weighted by Gasteiger charge is 2.09. The molecule has 0 atom stereocenters. The van der Waals surface area contributed by atoms with E-state index in [1.165, 1.54) is 0 Å². The van der Waals surface area contributed by atoms with E-state index in [9.17, 15) is 0 Å². The van der Waals surface area contributed by atoms with E-state index in [1.54, 1.807) is 26.4 Å². The lowest BCUT2D eigenvalue weighted by molar-refractivity contribution is 0.407. The van der Waals surface area contributed by atoms with Crippen LogP contribution >= 0.6 is 0 Å².